The maximum Gasteiger partial charge on any atom is 0.334 e. The molecule has 20 heavy (non-hydrogen) atoms. The van der Waals surface area contributed by atoms with Crippen molar-refractivity contribution in [1.29, 1.82) is 0 Å². The predicted molar refractivity (Wildman–Crippen MR) is 83.3 cm³/mol. The Hall–Kier alpha value is 0.0569. The molecule has 4 nitrogen and oxygen atoms in total. The number of unbranched alkanes of at least 4 members (excludes halogenated alkanes) is 6. The molecule has 1 aliphatic heterocycles. The van der Waals surface area contributed by atoms with Gasteiger partial charge >= 0.3 is 8.56 Å². The zero-order valence-electron chi connectivity index (χ0n) is 13.5. The topological polar surface area (TPSA) is 40.2 Å². The highest BCUT2D eigenvalue weighted by Crippen LogP contribution is 2.17. The number of epoxide rings is 1. The van der Waals surface area contributed by atoms with E-state index in [9.17, 15) is 0 Å². The third-order valence-corrected chi connectivity index (χ3v) is 6.98. The maximum atomic E-state index is 5.52. The summed E-state index contributed by atoms with van der Waals surface area (Å²) in [6.07, 6.45) is 9.40. The van der Waals surface area contributed by atoms with Gasteiger partial charge in [0, 0.05) is 20.8 Å². The molecule has 0 amide bonds. The van der Waals surface area contributed by atoms with Crippen molar-refractivity contribution in [2.75, 3.05) is 34.0 Å². The van der Waals surface area contributed by atoms with Gasteiger partial charge in [-0.2, -0.15) is 0 Å². The van der Waals surface area contributed by atoms with Gasteiger partial charge in [0.1, 0.15) is 6.10 Å². The van der Waals surface area contributed by atoms with Crippen molar-refractivity contribution in [3.8, 4) is 0 Å². The van der Waals surface area contributed by atoms with Crippen molar-refractivity contribution in [2.45, 2.75) is 63.6 Å². The molecule has 0 saturated carbocycles. The quantitative estimate of drug-likeness (QED) is 0.280. The highest BCUT2D eigenvalue weighted by molar-refractivity contribution is 6.65. The van der Waals surface area contributed by atoms with Gasteiger partial charge in [-0.1, -0.05) is 38.5 Å². The van der Waals surface area contributed by atoms with E-state index >= 15 is 0 Å². The van der Waals surface area contributed by atoms with Crippen molar-refractivity contribution in [3.63, 3.8) is 0 Å². The number of rotatable bonds is 14. The summed E-state index contributed by atoms with van der Waals surface area (Å²) in [4.78, 5) is 0. The minimum absolute atomic E-state index is 0.406. The van der Waals surface area contributed by atoms with E-state index in [0.717, 1.165) is 25.9 Å². The first-order valence-corrected chi connectivity index (χ1v) is 10.5. The van der Waals surface area contributed by atoms with Crippen LogP contribution in [0.5, 0.6) is 0 Å². The van der Waals surface area contributed by atoms with Gasteiger partial charge in [-0.05, 0) is 19.0 Å². The largest absolute Gasteiger partial charge is 0.398 e. The molecule has 1 fully saturated rings. The standard InChI is InChI=1S/C15H32O4Si/c1-16-20(3,17-2)12-10-8-6-4-5-7-9-11-18-13-15-14-19-15/h15H,4-14H2,1-3H3. The van der Waals surface area contributed by atoms with Gasteiger partial charge in [0.15, 0.2) is 0 Å². The van der Waals surface area contributed by atoms with Crippen LogP contribution in [0.2, 0.25) is 12.6 Å². The van der Waals surface area contributed by atoms with E-state index in [1.807, 2.05) is 0 Å². The Balaban J connectivity index is 1.75. The molecule has 0 aromatic carbocycles. The van der Waals surface area contributed by atoms with Crippen LogP contribution in [0, 0.1) is 0 Å². The Labute approximate surface area is 125 Å². The molecule has 0 N–H and O–H groups in total. The van der Waals surface area contributed by atoms with E-state index in [1.165, 1.54) is 44.9 Å². The lowest BCUT2D eigenvalue weighted by molar-refractivity contribution is 0.113. The molecule has 1 aliphatic rings. The van der Waals surface area contributed by atoms with Gasteiger partial charge in [-0.15, -0.1) is 0 Å². The second-order valence-electron chi connectivity index (χ2n) is 5.80. The molecule has 0 aliphatic carbocycles. The first-order chi connectivity index (χ1) is 9.70. The van der Waals surface area contributed by atoms with Gasteiger partial charge in [-0.3, -0.25) is 0 Å². The lowest BCUT2D eigenvalue weighted by atomic mass is 10.1. The monoisotopic (exact) mass is 304 g/mol. The lowest BCUT2D eigenvalue weighted by Gasteiger charge is -2.22. The minimum Gasteiger partial charge on any atom is -0.398 e. The molecule has 1 atom stereocenters. The van der Waals surface area contributed by atoms with E-state index in [1.54, 1.807) is 14.2 Å². The SMILES string of the molecule is CO[Si](C)(CCCCCCCCCOCC1CO1)OC. The fourth-order valence-corrected chi connectivity index (χ4v) is 3.67. The zero-order chi connectivity index (χ0) is 14.7. The lowest BCUT2D eigenvalue weighted by Crippen LogP contribution is -2.35. The van der Waals surface area contributed by atoms with Crippen LogP contribution >= 0.6 is 0 Å². The first-order valence-electron chi connectivity index (χ1n) is 8.00. The van der Waals surface area contributed by atoms with Crippen LogP contribution in [0.3, 0.4) is 0 Å². The second kappa shape index (κ2) is 10.7. The molecule has 1 rings (SSSR count). The van der Waals surface area contributed by atoms with Crippen LogP contribution in [-0.4, -0.2) is 48.7 Å². The molecule has 1 unspecified atom stereocenters. The summed E-state index contributed by atoms with van der Waals surface area (Å²) in [7, 11) is 1.72. The van der Waals surface area contributed by atoms with Crippen LogP contribution in [0.1, 0.15) is 44.9 Å². The van der Waals surface area contributed by atoms with Gasteiger partial charge in [-0.25, -0.2) is 0 Å². The molecule has 0 radical (unpaired) electrons. The molecule has 1 heterocycles. The average Bonchev–Trinajstić information content (AvgIpc) is 3.28. The Morgan fingerprint density at radius 1 is 0.950 bits per heavy atom. The molecule has 0 bridgehead atoms. The van der Waals surface area contributed by atoms with Crippen molar-refractivity contribution in [1.82, 2.24) is 0 Å². The Morgan fingerprint density at radius 2 is 1.50 bits per heavy atom. The molecule has 0 spiro atoms. The smallest absolute Gasteiger partial charge is 0.334 e. The van der Waals surface area contributed by atoms with Gasteiger partial charge in [0.2, 0.25) is 0 Å². The van der Waals surface area contributed by atoms with E-state index in [0.29, 0.717) is 6.10 Å². The fraction of sp³-hybridized carbons (Fsp3) is 1.00. The third kappa shape index (κ3) is 9.08. The van der Waals surface area contributed by atoms with E-state index in [2.05, 4.69) is 6.55 Å². The van der Waals surface area contributed by atoms with Crippen molar-refractivity contribution < 1.29 is 18.3 Å². The Morgan fingerprint density at radius 3 is 2.05 bits per heavy atom. The van der Waals surface area contributed by atoms with E-state index in [-0.39, 0.29) is 0 Å². The molecule has 120 valence electrons. The molecular formula is C15H32O4Si. The first kappa shape index (κ1) is 18.1. The second-order valence-corrected chi connectivity index (χ2v) is 9.38. The summed E-state index contributed by atoms with van der Waals surface area (Å²) >= 11 is 0. The summed E-state index contributed by atoms with van der Waals surface area (Å²) in [5.41, 5.74) is 0. The van der Waals surface area contributed by atoms with Crippen LogP contribution in [0.15, 0.2) is 0 Å². The Bertz CT molecular complexity index is 230. The zero-order valence-corrected chi connectivity index (χ0v) is 14.5. The summed E-state index contributed by atoms with van der Waals surface area (Å²) < 4.78 is 21.6. The molecular weight excluding hydrogens is 272 g/mol. The van der Waals surface area contributed by atoms with Crippen molar-refractivity contribution >= 4 is 8.56 Å². The summed E-state index contributed by atoms with van der Waals surface area (Å²) in [5.74, 6) is 0. The van der Waals surface area contributed by atoms with Gasteiger partial charge in [0.25, 0.3) is 0 Å². The van der Waals surface area contributed by atoms with Crippen LogP contribution < -0.4 is 0 Å². The van der Waals surface area contributed by atoms with Gasteiger partial charge < -0.3 is 18.3 Å². The number of hydrogen-bond donors (Lipinski definition) is 0. The highest BCUT2D eigenvalue weighted by atomic mass is 28.4. The maximum absolute atomic E-state index is 5.52. The fourth-order valence-electron chi connectivity index (χ4n) is 2.20. The summed E-state index contributed by atoms with van der Waals surface area (Å²) in [5, 5.41) is 0. The van der Waals surface area contributed by atoms with Crippen LogP contribution in [0.25, 0.3) is 0 Å². The number of hydrogen-bond acceptors (Lipinski definition) is 4. The van der Waals surface area contributed by atoms with E-state index in [4.69, 9.17) is 18.3 Å². The molecule has 0 aromatic rings. The third-order valence-electron chi connectivity index (χ3n) is 3.99. The summed E-state index contributed by atoms with van der Waals surface area (Å²) in [6.45, 7) is 4.72. The summed E-state index contributed by atoms with van der Waals surface area (Å²) in [6, 6.07) is 1.11. The molecule has 5 heteroatoms. The number of ether oxygens (including phenoxy) is 2. The van der Waals surface area contributed by atoms with Crippen molar-refractivity contribution in [2.24, 2.45) is 0 Å². The Kier molecular flexibility index (Phi) is 9.72. The highest BCUT2D eigenvalue weighted by Gasteiger charge is 2.27. The van der Waals surface area contributed by atoms with Crippen LogP contribution in [-0.2, 0) is 18.3 Å². The molecule has 0 aromatic heterocycles. The normalized spacial score (nSPS) is 18.4. The average molecular weight is 305 g/mol. The predicted octanol–water partition coefficient (Wildman–Crippen LogP) is 3.50. The minimum atomic E-state index is -1.82. The van der Waals surface area contributed by atoms with Crippen molar-refractivity contribution in [3.05, 3.63) is 0 Å². The molecule has 1 saturated heterocycles. The van der Waals surface area contributed by atoms with Gasteiger partial charge in [0.05, 0.1) is 13.2 Å². The van der Waals surface area contributed by atoms with E-state index < -0.39 is 8.56 Å². The van der Waals surface area contributed by atoms with Crippen LogP contribution in [0.4, 0.5) is 0 Å².